The maximum Gasteiger partial charge on any atom is 0.416 e. The van der Waals surface area contributed by atoms with Crippen molar-refractivity contribution in [2.24, 2.45) is 5.16 Å². The van der Waals surface area contributed by atoms with E-state index in [1.807, 2.05) is 6.92 Å². The zero-order valence-corrected chi connectivity index (χ0v) is 14.9. The van der Waals surface area contributed by atoms with E-state index in [-0.39, 0.29) is 32.4 Å². The molecule has 1 saturated heterocycles. The molecule has 6 nitrogen and oxygen atoms in total. The number of rotatable bonds is 5. The van der Waals surface area contributed by atoms with Gasteiger partial charge in [0.05, 0.1) is 16.2 Å². The Hall–Kier alpha value is -1.94. The second-order valence-electron chi connectivity index (χ2n) is 5.80. The number of nitrogens with zero attached hydrogens (tertiary/aromatic N) is 2. The zero-order valence-electron chi connectivity index (χ0n) is 14.1. The van der Waals surface area contributed by atoms with Gasteiger partial charge in [0.15, 0.2) is 0 Å². The average Bonchev–Trinajstić information content (AvgIpc) is 2.60. The molecular weight excluding hydrogens is 373 g/mol. The molecule has 26 heavy (non-hydrogen) atoms. The van der Waals surface area contributed by atoms with E-state index in [0.29, 0.717) is 18.2 Å². The normalized spacial score (nSPS) is 16.4. The summed E-state index contributed by atoms with van der Waals surface area (Å²) in [6.45, 7) is 1.94. The van der Waals surface area contributed by atoms with Crippen LogP contribution in [0.15, 0.2) is 34.3 Å². The third kappa shape index (κ3) is 5.04. The van der Waals surface area contributed by atoms with Gasteiger partial charge in [-0.05, 0) is 24.6 Å². The van der Waals surface area contributed by atoms with Crippen molar-refractivity contribution in [3.63, 3.8) is 0 Å². The lowest BCUT2D eigenvalue weighted by atomic mass is 10.1. The zero-order chi connectivity index (χ0) is 19.4. The molecule has 0 unspecified atom stereocenters. The van der Waals surface area contributed by atoms with Gasteiger partial charge in [0, 0.05) is 32.4 Å². The Balaban J connectivity index is 2.06. The van der Waals surface area contributed by atoms with Crippen molar-refractivity contribution in [2.75, 3.05) is 13.1 Å². The van der Waals surface area contributed by atoms with Crippen LogP contribution in [0.25, 0.3) is 0 Å². The van der Waals surface area contributed by atoms with Gasteiger partial charge in [0.25, 0.3) is 0 Å². The fourth-order valence-electron chi connectivity index (χ4n) is 2.42. The highest BCUT2D eigenvalue weighted by Crippen LogP contribution is 2.31. The summed E-state index contributed by atoms with van der Waals surface area (Å²) in [7, 11) is -4.04. The predicted molar refractivity (Wildman–Crippen MR) is 87.9 cm³/mol. The quantitative estimate of drug-likeness (QED) is 0.570. The summed E-state index contributed by atoms with van der Waals surface area (Å²) in [5.74, 6) is -0.459. The van der Waals surface area contributed by atoms with Crippen molar-refractivity contribution in [1.82, 2.24) is 4.31 Å². The van der Waals surface area contributed by atoms with Crippen LogP contribution in [0.3, 0.4) is 0 Å². The lowest BCUT2D eigenvalue weighted by molar-refractivity contribution is -0.143. The van der Waals surface area contributed by atoms with Crippen LogP contribution in [-0.2, 0) is 25.8 Å². The molecule has 1 aromatic carbocycles. The number of benzene rings is 1. The first kappa shape index (κ1) is 20.4. The Morgan fingerprint density at radius 1 is 1.27 bits per heavy atom. The molecular formula is C16H19F3N2O4S. The minimum Gasteiger partial charge on any atom is -0.318 e. The lowest BCUT2D eigenvalue weighted by Gasteiger charge is -2.26. The van der Waals surface area contributed by atoms with E-state index in [4.69, 9.17) is 4.84 Å². The number of hydrogen-bond acceptors (Lipinski definition) is 5. The van der Waals surface area contributed by atoms with Gasteiger partial charge in [-0.1, -0.05) is 18.1 Å². The molecule has 1 aromatic rings. The first-order valence-electron chi connectivity index (χ1n) is 8.07. The van der Waals surface area contributed by atoms with Crippen molar-refractivity contribution < 1.29 is 31.2 Å². The van der Waals surface area contributed by atoms with E-state index in [1.165, 1.54) is 0 Å². The molecule has 0 bridgehead atoms. The van der Waals surface area contributed by atoms with Crippen LogP contribution in [-0.4, -0.2) is 37.5 Å². The monoisotopic (exact) mass is 392 g/mol. The summed E-state index contributed by atoms with van der Waals surface area (Å²) in [6, 6.07) is 3.66. The molecule has 0 spiro atoms. The second kappa shape index (κ2) is 8.17. The maximum atomic E-state index is 12.8. The fourth-order valence-corrected chi connectivity index (χ4v) is 3.91. The third-order valence-corrected chi connectivity index (χ3v) is 5.72. The second-order valence-corrected chi connectivity index (χ2v) is 7.74. The van der Waals surface area contributed by atoms with Crippen LogP contribution in [0, 0.1) is 0 Å². The van der Waals surface area contributed by atoms with E-state index >= 15 is 0 Å². The summed E-state index contributed by atoms with van der Waals surface area (Å²) < 4.78 is 64.6. The van der Waals surface area contributed by atoms with Crippen LogP contribution >= 0.6 is 0 Å². The fraction of sp³-hybridized carbons (Fsp3) is 0.500. The molecule has 2 rings (SSSR count). The number of piperidine rings is 1. The molecule has 0 amide bonds. The highest BCUT2D eigenvalue weighted by atomic mass is 32.2. The van der Waals surface area contributed by atoms with Crippen LogP contribution in [0.1, 0.15) is 38.2 Å². The Morgan fingerprint density at radius 3 is 2.50 bits per heavy atom. The topological polar surface area (TPSA) is 76.0 Å². The summed E-state index contributed by atoms with van der Waals surface area (Å²) >= 11 is 0. The van der Waals surface area contributed by atoms with Crippen molar-refractivity contribution in [1.29, 1.82) is 0 Å². The van der Waals surface area contributed by atoms with Crippen LogP contribution in [0.2, 0.25) is 0 Å². The van der Waals surface area contributed by atoms with Crippen molar-refractivity contribution >= 4 is 21.7 Å². The SMILES string of the molecule is CCCC(=O)ON=C1CCN(S(=O)(=O)c2cccc(C(F)(F)F)c2)CC1. The molecule has 1 aliphatic heterocycles. The molecule has 0 saturated carbocycles. The van der Waals surface area contributed by atoms with Crippen LogP contribution in [0.4, 0.5) is 13.2 Å². The number of alkyl halides is 3. The Bertz CT molecular complexity index is 781. The first-order chi connectivity index (χ1) is 12.1. The smallest absolute Gasteiger partial charge is 0.318 e. The molecule has 10 heteroatoms. The highest BCUT2D eigenvalue weighted by molar-refractivity contribution is 7.89. The molecule has 0 aromatic heterocycles. The van der Waals surface area contributed by atoms with E-state index in [0.717, 1.165) is 22.5 Å². The Labute approximate surface area is 149 Å². The first-order valence-corrected chi connectivity index (χ1v) is 9.51. The summed E-state index contributed by atoms with van der Waals surface area (Å²) in [5, 5.41) is 3.73. The number of oxime groups is 1. The van der Waals surface area contributed by atoms with E-state index in [2.05, 4.69) is 5.16 Å². The van der Waals surface area contributed by atoms with Gasteiger partial charge in [0.1, 0.15) is 0 Å². The summed E-state index contributed by atoms with van der Waals surface area (Å²) in [6.07, 6.45) is -3.25. The number of carbonyl (C=O) groups excluding carboxylic acids is 1. The van der Waals surface area contributed by atoms with Crippen molar-refractivity contribution in [2.45, 2.75) is 43.7 Å². The molecule has 0 aliphatic carbocycles. The molecule has 0 N–H and O–H groups in total. The maximum absolute atomic E-state index is 12.8. The number of halogens is 3. The largest absolute Gasteiger partial charge is 0.416 e. The standard InChI is InChI=1S/C16H19F3N2O4S/c1-2-4-15(22)25-20-13-7-9-21(10-8-13)26(23,24)14-6-3-5-12(11-14)16(17,18)19/h3,5-6,11H,2,4,7-10H2,1H3. The Morgan fingerprint density at radius 2 is 1.92 bits per heavy atom. The Kier molecular flexibility index (Phi) is 6.40. The molecule has 1 aliphatic rings. The molecule has 1 fully saturated rings. The van der Waals surface area contributed by atoms with Gasteiger partial charge >= 0.3 is 12.1 Å². The predicted octanol–water partition coefficient (Wildman–Crippen LogP) is 3.19. The average molecular weight is 392 g/mol. The van der Waals surface area contributed by atoms with Crippen molar-refractivity contribution in [3.05, 3.63) is 29.8 Å². The van der Waals surface area contributed by atoms with Crippen LogP contribution < -0.4 is 0 Å². The molecule has 1 heterocycles. The molecule has 0 atom stereocenters. The van der Waals surface area contributed by atoms with E-state index in [9.17, 15) is 26.4 Å². The summed E-state index contributed by atoms with van der Waals surface area (Å²) in [5.41, 5.74) is -0.467. The summed E-state index contributed by atoms with van der Waals surface area (Å²) in [4.78, 5) is 15.6. The number of carbonyl (C=O) groups is 1. The van der Waals surface area contributed by atoms with Gasteiger partial charge in [-0.2, -0.15) is 17.5 Å². The van der Waals surface area contributed by atoms with E-state index < -0.39 is 32.6 Å². The van der Waals surface area contributed by atoms with E-state index in [1.54, 1.807) is 0 Å². The number of sulfonamides is 1. The minimum absolute atomic E-state index is 0.0583. The lowest BCUT2D eigenvalue weighted by Crippen LogP contribution is -2.38. The number of hydrogen-bond donors (Lipinski definition) is 0. The minimum atomic E-state index is -4.62. The molecule has 144 valence electrons. The highest BCUT2D eigenvalue weighted by Gasteiger charge is 2.33. The van der Waals surface area contributed by atoms with Gasteiger partial charge in [-0.15, -0.1) is 0 Å². The van der Waals surface area contributed by atoms with Crippen molar-refractivity contribution in [3.8, 4) is 0 Å². The van der Waals surface area contributed by atoms with Gasteiger partial charge in [0.2, 0.25) is 10.0 Å². The van der Waals surface area contributed by atoms with Gasteiger partial charge in [-0.3, -0.25) is 0 Å². The van der Waals surface area contributed by atoms with Crippen LogP contribution in [0.5, 0.6) is 0 Å². The van der Waals surface area contributed by atoms with Gasteiger partial charge < -0.3 is 4.84 Å². The van der Waals surface area contributed by atoms with Gasteiger partial charge in [-0.25, -0.2) is 13.2 Å². The third-order valence-electron chi connectivity index (χ3n) is 3.83. The molecule has 0 radical (unpaired) electrons.